The SMILES string of the molecule is COC(=O)C(C)(C)c1nc(-c2ccc(F)cc2)no1. The third-order valence-corrected chi connectivity index (χ3v) is 2.76. The van der Waals surface area contributed by atoms with Crippen LogP contribution in [0.3, 0.4) is 0 Å². The number of hydrogen-bond donors (Lipinski definition) is 0. The highest BCUT2D eigenvalue weighted by Gasteiger charge is 2.37. The molecule has 0 unspecified atom stereocenters. The quantitative estimate of drug-likeness (QED) is 0.796. The lowest BCUT2D eigenvalue weighted by Gasteiger charge is -2.15. The number of carbonyl (C=O) groups excluding carboxylic acids is 1. The maximum absolute atomic E-state index is 12.8. The first kappa shape index (κ1) is 13.2. The molecule has 19 heavy (non-hydrogen) atoms. The van der Waals surface area contributed by atoms with E-state index in [1.807, 2.05) is 0 Å². The number of aromatic nitrogens is 2. The molecule has 1 heterocycles. The lowest BCUT2D eigenvalue weighted by molar-refractivity contribution is -0.147. The predicted octanol–water partition coefficient (Wildman–Crippen LogP) is 2.33. The molecule has 0 bridgehead atoms. The molecule has 100 valence electrons. The van der Waals surface area contributed by atoms with E-state index in [0.29, 0.717) is 11.4 Å². The summed E-state index contributed by atoms with van der Waals surface area (Å²) < 4.78 is 22.6. The van der Waals surface area contributed by atoms with Crippen LogP contribution in [0.2, 0.25) is 0 Å². The first-order valence-corrected chi connectivity index (χ1v) is 5.63. The summed E-state index contributed by atoms with van der Waals surface area (Å²) in [5.74, 6) is -0.366. The highest BCUT2D eigenvalue weighted by Crippen LogP contribution is 2.25. The molecule has 0 aliphatic rings. The first-order valence-electron chi connectivity index (χ1n) is 5.63. The van der Waals surface area contributed by atoms with E-state index in [2.05, 4.69) is 14.9 Å². The van der Waals surface area contributed by atoms with Gasteiger partial charge in [0.15, 0.2) is 0 Å². The Morgan fingerprint density at radius 2 is 1.95 bits per heavy atom. The summed E-state index contributed by atoms with van der Waals surface area (Å²) >= 11 is 0. The van der Waals surface area contributed by atoms with Crippen molar-refractivity contribution in [3.63, 3.8) is 0 Å². The zero-order valence-corrected chi connectivity index (χ0v) is 10.8. The van der Waals surface area contributed by atoms with Crippen LogP contribution in [0.15, 0.2) is 28.8 Å². The average molecular weight is 264 g/mol. The van der Waals surface area contributed by atoms with Crippen molar-refractivity contribution in [1.29, 1.82) is 0 Å². The molecule has 5 nitrogen and oxygen atoms in total. The Morgan fingerprint density at radius 1 is 1.32 bits per heavy atom. The number of rotatable bonds is 3. The number of carbonyl (C=O) groups is 1. The van der Waals surface area contributed by atoms with Crippen LogP contribution >= 0.6 is 0 Å². The summed E-state index contributed by atoms with van der Waals surface area (Å²) in [6.07, 6.45) is 0. The average Bonchev–Trinajstić information content (AvgIpc) is 2.88. The molecule has 0 radical (unpaired) electrons. The third kappa shape index (κ3) is 2.47. The van der Waals surface area contributed by atoms with E-state index >= 15 is 0 Å². The van der Waals surface area contributed by atoms with E-state index in [0.717, 1.165) is 0 Å². The van der Waals surface area contributed by atoms with Crippen molar-refractivity contribution in [2.24, 2.45) is 0 Å². The molecule has 2 aromatic rings. The van der Waals surface area contributed by atoms with Crippen molar-refractivity contribution in [3.05, 3.63) is 36.0 Å². The van der Waals surface area contributed by atoms with Crippen LogP contribution < -0.4 is 0 Å². The molecule has 0 N–H and O–H groups in total. The molecule has 6 heteroatoms. The van der Waals surface area contributed by atoms with Gasteiger partial charge in [0.25, 0.3) is 0 Å². The van der Waals surface area contributed by atoms with Crippen molar-refractivity contribution >= 4 is 5.97 Å². The van der Waals surface area contributed by atoms with Gasteiger partial charge in [-0.15, -0.1) is 0 Å². The molecule has 1 aromatic carbocycles. The topological polar surface area (TPSA) is 65.2 Å². The molecular formula is C13H13FN2O3. The molecule has 0 aliphatic heterocycles. The summed E-state index contributed by atoms with van der Waals surface area (Å²) in [5, 5.41) is 3.78. The van der Waals surface area contributed by atoms with E-state index in [1.54, 1.807) is 13.8 Å². The van der Waals surface area contributed by atoms with Crippen molar-refractivity contribution in [3.8, 4) is 11.4 Å². The molecule has 2 rings (SSSR count). The normalized spacial score (nSPS) is 11.4. The molecular weight excluding hydrogens is 251 g/mol. The first-order chi connectivity index (χ1) is 8.95. The Labute approximate surface area is 109 Å². The van der Waals surface area contributed by atoms with Crippen molar-refractivity contribution in [2.75, 3.05) is 7.11 Å². The highest BCUT2D eigenvalue weighted by atomic mass is 19.1. The Morgan fingerprint density at radius 3 is 2.53 bits per heavy atom. The minimum absolute atomic E-state index is 0.152. The largest absolute Gasteiger partial charge is 0.468 e. The van der Waals surface area contributed by atoms with Crippen molar-refractivity contribution in [1.82, 2.24) is 10.1 Å². The molecule has 0 spiro atoms. The fourth-order valence-electron chi connectivity index (χ4n) is 1.54. The van der Waals surface area contributed by atoms with Gasteiger partial charge in [0.1, 0.15) is 11.2 Å². The van der Waals surface area contributed by atoms with Crippen LogP contribution in [0.1, 0.15) is 19.7 Å². The van der Waals surface area contributed by atoms with Crippen LogP contribution in [0.5, 0.6) is 0 Å². The number of hydrogen-bond acceptors (Lipinski definition) is 5. The second-order valence-electron chi connectivity index (χ2n) is 4.55. The predicted molar refractivity (Wildman–Crippen MR) is 64.7 cm³/mol. The van der Waals surface area contributed by atoms with Gasteiger partial charge in [-0.1, -0.05) is 5.16 Å². The standard InChI is InChI=1S/C13H13FN2O3/c1-13(2,12(17)18-3)11-15-10(16-19-11)8-4-6-9(14)7-5-8/h4-7H,1-3H3. The van der Waals surface area contributed by atoms with Crippen LogP contribution in [0, 0.1) is 5.82 Å². The van der Waals surface area contributed by atoms with E-state index in [4.69, 9.17) is 4.52 Å². The fourth-order valence-corrected chi connectivity index (χ4v) is 1.54. The summed E-state index contributed by atoms with van der Waals surface area (Å²) in [6, 6.07) is 5.68. The van der Waals surface area contributed by atoms with Gasteiger partial charge in [0.2, 0.25) is 11.7 Å². The number of esters is 1. The number of methoxy groups -OCH3 is 1. The monoisotopic (exact) mass is 264 g/mol. The lowest BCUT2D eigenvalue weighted by Crippen LogP contribution is -2.30. The lowest BCUT2D eigenvalue weighted by atomic mass is 9.94. The Bertz CT molecular complexity index is 590. The molecule has 0 fully saturated rings. The van der Waals surface area contributed by atoms with Crippen LogP contribution in [-0.4, -0.2) is 23.2 Å². The van der Waals surface area contributed by atoms with Gasteiger partial charge in [-0.2, -0.15) is 4.98 Å². The van der Waals surface area contributed by atoms with Gasteiger partial charge in [-0.25, -0.2) is 4.39 Å². The maximum Gasteiger partial charge on any atom is 0.320 e. The summed E-state index contributed by atoms with van der Waals surface area (Å²) in [5.41, 5.74) is -0.419. The summed E-state index contributed by atoms with van der Waals surface area (Å²) in [4.78, 5) is 15.8. The third-order valence-electron chi connectivity index (χ3n) is 2.76. The number of nitrogens with zero attached hydrogens (tertiary/aromatic N) is 2. The number of ether oxygens (including phenoxy) is 1. The maximum atomic E-state index is 12.8. The molecule has 0 saturated heterocycles. The molecule has 0 aliphatic carbocycles. The molecule has 0 atom stereocenters. The molecule has 0 amide bonds. The number of halogens is 1. The Hall–Kier alpha value is -2.24. The van der Waals surface area contributed by atoms with Gasteiger partial charge in [-0.3, -0.25) is 4.79 Å². The van der Waals surface area contributed by atoms with Crippen LogP contribution in [0.25, 0.3) is 11.4 Å². The molecule has 0 saturated carbocycles. The summed E-state index contributed by atoms with van der Waals surface area (Å²) in [7, 11) is 1.29. The van der Waals surface area contributed by atoms with E-state index in [9.17, 15) is 9.18 Å². The summed E-state index contributed by atoms with van der Waals surface area (Å²) in [6.45, 7) is 3.25. The Balaban J connectivity index is 2.34. The second-order valence-corrected chi connectivity index (χ2v) is 4.55. The number of benzene rings is 1. The smallest absolute Gasteiger partial charge is 0.320 e. The van der Waals surface area contributed by atoms with Crippen molar-refractivity contribution in [2.45, 2.75) is 19.3 Å². The second kappa shape index (κ2) is 4.79. The zero-order chi connectivity index (χ0) is 14.0. The van der Waals surface area contributed by atoms with Crippen molar-refractivity contribution < 1.29 is 18.4 Å². The van der Waals surface area contributed by atoms with E-state index in [1.165, 1.54) is 31.4 Å². The van der Waals surface area contributed by atoms with E-state index in [-0.39, 0.29) is 11.7 Å². The van der Waals surface area contributed by atoms with Crippen LogP contribution in [-0.2, 0) is 14.9 Å². The van der Waals surface area contributed by atoms with Gasteiger partial charge >= 0.3 is 5.97 Å². The van der Waals surface area contributed by atoms with Gasteiger partial charge in [-0.05, 0) is 38.1 Å². The van der Waals surface area contributed by atoms with Gasteiger partial charge < -0.3 is 9.26 Å². The fraction of sp³-hybridized carbons (Fsp3) is 0.308. The van der Waals surface area contributed by atoms with Crippen LogP contribution in [0.4, 0.5) is 4.39 Å². The minimum Gasteiger partial charge on any atom is -0.468 e. The zero-order valence-electron chi connectivity index (χ0n) is 10.8. The molecule has 1 aromatic heterocycles. The minimum atomic E-state index is -1.03. The van der Waals surface area contributed by atoms with E-state index < -0.39 is 11.4 Å². The highest BCUT2D eigenvalue weighted by molar-refractivity contribution is 5.80. The van der Waals surface area contributed by atoms with Gasteiger partial charge in [0.05, 0.1) is 7.11 Å². The van der Waals surface area contributed by atoms with Gasteiger partial charge in [0, 0.05) is 5.56 Å². The Kier molecular flexibility index (Phi) is 3.33.